The number of imide groups is 2. The highest BCUT2D eigenvalue weighted by Gasteiger charge is 2.28. The molecule has 0 unspecified atom stereocenters. The minimum Gasteiger partial charge on any atom is -0.289 e. The molecule has 1 aliphatic carbocycles. The van der Waals surface area contributed by atoms with E-state index in [-0.39, 0.29) is 0 Å². The third-order valence-electron chi connectivity index (χ3n) is 4.77. The number of hydrogen-bond acceptors (Lipinski definition) is 4. The molecule has 0 saturated heterocycles. The van der Waals surface area contributed by atoms with Crippen molar-refractivity contribution in [3.05, 3.63) is 80.6 Å². The van der Waals surface area contributed by atoms with Gasteiger partial charge in [0.15, 0.2) is 0 Å². The van der Waals surface area contributed by atoms with Crippen LogP contribution in [-0.4, -0.2) is 23.6 Å². The van der Waals surface area contributed by atoms with Gasteiger partial charge in [-0.05, 0) is 32.0 Å². The number of carbonyl (C=O) groups excluding carboxylic acids is 4. The van der Waals surface area contributed by atoms with Crippen LogP contribution >= 0.6 is 0 Å². The molecule has 5 rings (SSSR count). The first kappa shape index (κ1) is 14.5. The number of benzene rings is 2. The molecule has 6 nitrogen and oxygen atoms in total. The Labute approximate surface area is 145 Å². The molecule has 2 heterocycles. The van der Waals surface area contributed by atoms with E-state index in [9.17, 15) is 19.2 Å². The highest BCUT2D eigenvalue weighted by molar-refractivity contribution is 6.34. The molecule has 2 aromatic carbocycles. The molecule has 124 valence electrons. The maximum absolute atomic E-state index is 12.1. The maximum Gasteiger partial charge on any atom is 0.258 e. The molecule has 0 atom stereocenters. The predicted octanol–water partition coefficient (Wildman–Crippen LogP) is 0.654. The molecule has 0 aromatic heterocycles. The fraction of sp³-hybridized carbons (Fsp3) is 0. The summed E-state index contributed by atoms with van der Waals surface area (Å²) in [7, 11) is 0. The second-order valence-electron chi connectivity index (χ2n) is 6.21. The Kier molecular flexibility index (Phi) is 2.72. The molecule has 4 amide bonds. The molecule has 26 heavy (non-hydrogen) atoms. The Balaban J connectivity index is 1.88. The number of hydrogen-bond donors (Lipinski definition) is 2. The summed E-state index contributed by atoms with van der Waals surface area (Å²) in [6.45, 7) is 0. The first-order valence-corrected chi connectivity index (χ1v) is 7.96. The van der Waals surface area contributed by atoms with Crippen molar-refractivity contribution < 1.29 is 19.2 Å². The summed E-state index contributed by atoms with van der Waals surface area (Å²) in [5.74, 6) is -1.78. The van der Waals surface area contributed by atoms with Gasteiger partial charge in [0, 0.05) is 12.2 Å². The van der Waals surface area contributed by atoms with Gasteiger partial charge in [0.25, 0.3) is 23.6 Å². The second kappa shape index (κ2) is 4.86. The van der Waals surface area contributed by atoms with Gasteiger partial charge >= 0.3 is 0 Å². The Morgan fingerprint density at radius 3 is 1.35 bits per heavy atom. The lowest BCUT2D eigenvalue weighted by Gasteiger charge is -2.14. The summed E-state index contributed by atoms with van der Waals surface area (Å²) in [5, 5.41) is 8.00. The lowest BCUT2D eigenvalue weighted by molar-refractivity contribution is -0.124. The molecular weight excluding hydrogens is 332 g/mol. The third kappa shape index (κ3) is 1.81. The van der Waals surface area contributed by atoms with Gasteiger partial charge in [-0.3, -0.25) is 29.8 Å². The van der Waals surface area contributed by atoms with Crippen LogP contribution in [0, 0.1) is 20.9 Å². The van der Waals surface area contributed by atoms with Crippen molar-refractivity contribution in [3.63, 3.8) is 0 Å². The van der Waals surface area contributed by atoms with E-state index in [1.165, 1.54) is 12.2 Å². The van der Waals surface area contributed by atoms with E-state index in [4.69, 9.17) is 0 Å². The highest BCUT2D eigenvalue weighted by atomic mass is 16.2. The maximum atomic E-state index is 12.1. The van der Waals surface area contributed by atoms with Gasteiger partial charge in [-0.1, -0.05) is 36.4 Å². The zero-order valence-electron chi connectivity index (χ0n) is 13.3. The number of carbonyl (C=O) groups is 4. The first-order valence-electron chi connectivity index (χ1n) is 7.96. The Bertz CT molecular complexity index is 1250. The van der Waals surface area contributed by atoms with Gasteiger partial charge in [0.05, 0.1) is 11.1 Å². The minimum atomic E-state index is -0.445. The fourth-order valence-electron chi connectivity index (χ4n) is 3.69. The second-order valence-corrected chi connectivity index (χ2v) is 6.21. The van der Waals surface area contributed by atoms with E-state index in [1.54, 1.807) is 12.1 Å². The van der Waals surface area contributed by atoms with Crippen LogP contribution in [0.3, 0.4) is 0 Å². The zero-order chi connectivity index (χ0) is 18.0. The van der Waals surface area contributed by atoms with Crippen LogP contribution in [0.15, 0.2) is 48.6 Å². The fourth-order valence-corrected chi connectivity index (χ4v) is 3.69. The van der Waals surface area contributed by atoms with Crippen LogP contribution in [0.2, 0.25) is 0 Å². The highest BCUT2D eigenvalue weighted by Crippen LogP contribution is 2.30. The van der Waals surface area contributed by atoms with Crippen LogP contribution < -0.4 is 10.6 Å². The minimum absolute atomic E-state index is 0.299. The monoisotopic (exact) mass is 342 g/mol. The quantitative estimate of drug-likeness (QED) is 0.669. The molecule has 0 saturated carbocycles. The summed E-state index contributed by atoms with van der Waals surface area (Å²) < 4.78 is 0. The summed E-state index contributed by atoms with van der Waals surface area (Å²) >= 11 is 0. The van der Waals surface area contributed by atoms with Gasteiger partial charge in [0.2, 0.25) is 0 Å². The Morgan fingerprint density at radius 2 is 1.00 bits per heavy atom. The molecule has 2 aliphatic heterocycles. The van der Waals surface area contributed by atoms with Gasteiger partial charge in [-0.2, -0.15) is 0 Å². The van der Waals surface area contributed by atoms with Crippen LogP contribution in [-0.2, 0) is 19.2 Å². The topological polar surface area (TPSA) is 92.3 Å². The van der Waals surface area contributed by atoms with E-state index in [0.717, 1.165) is 20.9 Å². The molecule has 3 aliphatic rings. The van der Waals surface area contributed by atoms with E-state index in [0.29, 0.717) is 22.3 Å². The van der Waals surface area contributed by atoms with Gasteiger partial charge in [-0.25, -0.2) is 0 Å². The molecule has 2 aromatic rings. The summed E-state index contributed by atoms with van der Waals surface area (Å²) in [4.78, 5) is 47.3. The Hall–Kier alpha value is -3.80. The smallest absolute Gasteiger partial charge is 0.258 e. The summed E-state index contributed by atoms with van der Waals surface area (Å²) in [6.07, 6.45) is 2.56. The Morgan fingerprint density at radius 1 is 0.577 bits per heavy atom. The number of amides is 4. The van der Waals surface area contributed by atoms with Gasteiger partial charge < -0.3 is 0 Å². The van der Waals surface area contributed by atoms with Crippen molar-refractivity contribution in [2.24, 2.45) is 0 Å². The number of fused-ring (bicyclic) bond motifs is 2. The number of rotatable bonds is 2. The molecule has 0 radical (unpaired) electrons. The van der Waals surface area contributed by atoms with Gasteiger partial charge in [-0.15, -0.1) is 0 Å². The standard InChI is InChI=1S/C20H10N2O4/c23-15-7-13(19(25)21-15)11-5-6-12(14-8-16(24)22-20(14)26)18-10-4-2-1-3-9(10)17(11)18/h1-8H,(H,21,23,25)(H,22,24,26). The van der Waals surface area contributed by atoms with Crippen molar-refractivity contribution in [3.8, 4) is 0 Å². The number of nitrogens with one attached hydrogen (secondary N) is 2. The average molecular weight is 342 g/mol. The lowest BCUT2D eigenvalue weighted by Crippen LogP contribution is -2.22. The average Bonchev–Trinajstić information content (AvgIpc) is 3.11. The van der Waals surface area contributed by atoms with Crippen LogP contribution in [0.4, 0.5) is 0 Å². The molecule has 2 N–H and O–H groups in total. The van der Waals surface area contributed by atoms with E-state index in [1.807, 2.05) is 24.3 Å². The van der Waals surface area contributed by atoms with Crippen LogP contribution in [0.25, 0.3) is 11.1 Å². The third-order valence-corrected chi connectivity index (χ3v) is 4.77. The van der Waals surface area contributed by atoms with E-state index >= 15 is 0 Å². The normalized spacial score (nSPS) is 17.1. The SMILES string of the molecule is O=C1C=C(c2ccc(C3=CC(=O)NC3=O)c3c2=c2ccccc2=3)C(=O)N1. The molecule has 0 bridgehead atoms. The van der Waals surface area contributed by atoms with E-state index < -0.39 is 23.6 Å². The summed E-state index contributed by atoms with van der Waals surface area (Å²) in [5.41, 5.74) is 1.87. The van der Waals surface area contributed by atoms with Crippen molar-refractivity contribution in [1.82, 2.24) is 10.6 Å². The van der Waals surface area contributed by atoms with E-state index in [2.05, 4.69) is 10.6 Å². The zero-order valence-corrected chi connectivity index (χ0v) is 13.3. The predicted molar refractivity (Wildman–Crippen MR) is 90.5 cm³/mol. The first-order chi connectivity index (χ1) is 12.5. The molecule has 0 spiro atoms. The van der Waals surface area contributed by atoms with Crippen molar-refractivity contribution in [2.45, 2.75) is 0 Å². The van der Waals surface area contributed by atoms with Crippen molar-refractivity contribution >= 4 is 34.8 Å². The molecule has 0 fully saturated rings. The molecule has 6 heteroatoms. The summed E-state index contributed by atoms with van der Waals surface area (Å²) in [6, 6.07) is 11.0. The lowest BCUT2D eigenvalue weighted by atomic mass is 9.88. The van der Waals surface area contributed by atoms with Gasteiger partial charge in [0.1, 0.15) is 0 Å². The molecular formula is C20H10N2O4. The van der Waals surface area contributed by atoms with Crippen LogP contribution in [0.5, 0.6) is 0 Å². The van der Waals surface area contributed by atoms with Crippen LogP contribution in [0.1, 0.15) is 11.1 Å². The van der Waals surface area contributed by atoms with Crippen molar-refractivity contribution in [1.29, 1.82) is 0 Å². The van der Waals surface area contributed by atoms with Crippen molar-refractivity contribution in [2.75, 3.05) is 0 Å². The largest absolute Gasteiger partial charge is 0.289 e.